The highest BCUT2D eigenvalue weighted by atomic mass is 32.1. The lowest BCUT2D eigenvalue weighted by atomic mass is 9.87. The van der Waals surface area contributed by atoms with E-state index in [-0.39, 0.29) is 11.6 Å². The Kier molecular flexibility index (Phi) is 4.23. The largest absolute Gasteiger partial charge is 0.439 e. The van der Waals surface area contributed by atoms with Crippen LogP contribution in [0.5, 0.6) is 0 Å². The summed E-state index contributed by atoms with van der Waals surface area (Å²) in [6.45, 7) is 0. The second-order valence-corrected chi connectivity index (χ2v) is 7.35. The predicted octanol–water partition coefficient (Wildman–Crippen LogP) is 4.21. The minimum atomic E-state index is -4.84. The average Bonchev–Trinajstić information content (AvgIpc) is 3.12. The topological polar surface area (TPSA) is 61.6 Å². The minimum Gasteiger partial charge on any atom is -0.362 e. The van der Waals surface area contributed by atoms with Gasteiger partial charge in [0, 0.05) is 17.3 Å². The number of hydrogen-bond donors (Lipinski definition) is 1. The highest BCUT2D eigenvalue weighted by Crippen LogP contribution is 2.49. The highest BCUT2D eigenvalue weighted by molar-refractivity contribution is 7.14. The van der Waals surface area contributed by atoms with E-state index in [2.05, 4.69) is 15.1 Å². The standard InChI is InChI=1S/C17H17F3N4OS/c18-17(19,20)16(25)11-6-2-1-3-7-12(11)23-24(16)15-22-14(10-26-15)13-8-4-5-9-21-13/h4-5,8-11,25H,1-3,6-7H2. The van der Waals surface area contributed by atoms with Crippen molar-refractivity contribution < 1.29 is 18.3 Å². The first-order chi connectivity index (χ1) is 12.4. The van der Waals surface area contributed by atoms with Crippen LogP contribution in [0.4, 0.5) is 18.3 Å². The Bertz CT molecular complexity index is 823. The second-order valence-electron chi connectivity index (χ2n) is 6.51. The molecule has 0 spiro atoms. The molecule has 138 valence electrons. The van der Waals surface area contributed by atoms with E-state index in [0.717, 1.165) is 24.2 Å². The van der Waals surface area contributed by atoms with Gasteiger partial charge in [0.05, 0.1) is 11.6 Å². The molecular weight excluding hydrogens is 365 g/mol. The highest BCUT2D eigenvalue weighted by Gasteiger charge is 2.67. The number of fused-ring (bicyclic) bond motifs is 1. The molecule has 2 unspecified atom stereocenters. The molecule has 4 rings (SSSR count). The van der Waals surface area contributed by atoms with E-state index >= 15 is 0 Å². The Balaban J connectivity index is 1.76. The summed E-state index contributed by atoms with van der Waals surface area (Å²) < 4.78 is 41.7. The van der Waals surface area contributed by atoms with Crippen LogP contribution in [-0.2, 0) is 0 Å². The number of nitrogens with zero attached hydrogens (tertiary/aromatic N) is 4. The molecule has 2 aromatic heterocycles. The molecule has 3 heterocycles. The molecule has 2 atom stereocenters. The van der Waals surface area contributed by atoms with Gasteiger partial charge in [0.1, 0.15) is 5.69 Å². The van der Waals surface area contributed by atoms with E-state index in [1.807, 2.05) is 0 Å². The van der Waals surface area contributed by atoms with Gasteiger partial charge in [-0.25, -0.2) is 4.98 Å². The van der Waals surface area contributed by atoms with Crippen molar-refractivity contribution in [1.29, 1.82) is 0 Å². The van der Waals surface area contributed by atoms with Gasteiger partial charge in [-0.05, 0) is 31.4 Å². The summed E-state index contributed by atoms with van der Waals surface area (Å²) in [7, 11) is 0. The maximum atomic E-state index is 13.9. The zero-order chi connectivity index (χ0) is 18.4. The Hall–Kier alpha value is -2.00. The number of aliphatic hydroxyl groups is 1. The van der Waals surface area contributed by atoms with Crippen molar-refractivity contribution in [3.05, 3.63) is 29.8 Å². The van der Waals surface area contributed by atoms with Gasteiger partial charge >= 0.3 is 6.18 Å². The third-order valence-electron chi connectivity index (χ3n) is 4.88. The van der Waals surface area contributed by atoms with Crippen LogP contribution in [0.15, 0.2) is 34.9 Å². The first kappa shape index (κ1) is 17.4. The second kappa shape index (κ2) is 6.31. The summed E-state index contributed by atoms with van der Waals surface area (Å²) >= 11 is 1.02. The molecular formula is C17H17F3N4OS. The molecule has 0 radical (unpaired) electrons. The third kappa shape index (κ3) is 2.69. The normalized spacial score (nSPS) is 26.4. The fourth-order valence-corrected chi connectivity index (χ4v) is 4.40. The summed E-state index contributed by atoms with van der Waals surface area (Å²) in [5, 5.41) is 17.3. The first-order valence-corrected chi connectivity index (χ1v) is 9.33. The zero-order valence-corrected chi connectivity index (χ0v) is 14.6. The summed E-state index contributed by atoms with van der Waals surface area (Å²) in [6.07, 6.45) is -0.230. The van der Waals surface area contributed by atoms with E-state index in [4.69, 9.17) is 0 Å². The van der Waals surface area contributed by atoms with Gasteiger partial charge in [-0.3, -0.25) is 4.98 Å². The number of hydrogen-bond acceptors (Lipinski definition) is 6. The molecule has 1 aliphatic heterocycles. The van der Waals surface area contributed by atoms with E-state index in [9.17, 15) is 18.3 Å². The van der Waals surface area contributed by atoms with E-state index in [1.165, 1.54) is 0 Å². The number of anilines is 1. The van der Waals surface area contributed by atoms with Crippen LogP contribution in [0, 0.1) is 5.92 Å². The molecule has 0 aromatic carbocycles. The molecule has 0 saturated heterocycles. The summed E-state index contributed by atoms with van der Waals surface area (Å²) in [4.78, 5) is 8.43. The van der Waals surface area contributed by atoms with Crippen LogP contribution in [-0.4, -0.2) is 32.7 Å². The van der Waals surface area contributed by atoms with Crippen molar-refractivity contribution in [2.45, 2.75) is 44.0 Å². The molecule has 1 aliphatic carbocycles. The SMILES string of the molecule is OC1(C(F)(F)F)C2CCCCCC2=NN1c1nc(-c2ccccn2)cs1. The van der Waals surface area contributed by atoms with Crippen LogP contribution >= 0.6 is 11.3 Å². The summed E-state index contributed by atoms with van der Waals surface area (Å²) in [5.74, 6) is -1.05. The molecule has 0 bridgehead atoms. The molecule has 26 heavy (non-hydrogen) atoms. The summed E-state index contributed by atoms with van der Waals surface area (Å²) in [6, 6.07) is 5.26. The number of halogens is 3. The van der Waals surface area contributed by atoms with Crippen LogP contribution in [0.3, 0.4) is 0 Å². The maximum absolute atomic E-state index is 13.9. The van der Waals surface area contributed by atoms with E-state index < -0.39 is 17.8 Å². The fraction of sp³-hybridized carbons (Fsp3) is 0.471. The number of thiazole rings is 1. The lowest BCUT2D eigenvalue weighted by Crippen LogP contribution is -2.60. The number of alkyl halides is 3. The van der Waals surface area contributed by atoms with Crippen LogP contribution in [0.25, 0.3) is 11.4 Å². The monoisotopic (exact) mass is 382 g/mol. The first-order valence-electron chi connectivity index (χ1n) is 8.45. The lowest BCUT2D eigenvalue weighted by molar-refractivity contribution is -0.268. The van der Waals surface area contributed by atoms with Crippen molar-refractivity contribution in [3.8, 4) is 11.4 Å². The lowest BCUT2D eigenvalue weighted by Gasteiger charge is -2.37. The smallest absolute Gasteiger partial charge is 0.362 e. The van der Waals surface area contributed by atoms with Crippen LogP contribution in [0.2, 0.25) is 0 Å². The van der Waals surface area contributed by atoms with Crippen molar-refractivity contribution >= 4 is 22.2 Å². The maximum Gasteiger partial charge on any atom is 0.439 e. The van der Waals surface area contributed by atoms with Gasteiger partial charge in [-0.1, -0.05) is 18.9 Å². The van der Waals surface area contributed by atoms with Crippen molar-refractivity contribution in [2.75, 3.05) is 5.01 Å². The quantitative estimate of drug-likeness (QED) is 0.845. The molecule has 1 saturated carbocycles. The molecule has 2 aliphatic rings. The number of aromatic nitrogens is 2. The average molecular weight is 382 g/mol. The molecule has 1 fully saturated rings. The number of rotatable bonds is 2. The number of pyridine rings is 1. The molecule has 9 heteroatoms. The third-order valence-corrected chi connectivity index (χ3v) is 5.70. The van der Waals surface area contributed by atoms with Crippen molar-refractivity contribution in [3.63, 3.8) is 0 Å². The fourth-order valence-electron chi connectivity index (χ4n) is 3.58. The van der Waals surface area contributed by atoms with E-state index in [1.54, 1.807) is 29.8 Å². The molecule has 0 amide bonds. The van der Waals surface area contributed by atoms with Gasteiger partial charge in [0.25, 0.3) is 5.72 Å². The zero-order valence-electron chi connectivity index (χ0n) is 13.8. The van der Waals surface area contributed by atoms with Crippen LogP contribution in [0.1, 0.15) is 32.1 Å². The van der Waals surface area contributed by atoms with Crippen molar-refractivity contribution in [1.82, 2.24) is 9.97 Å². The Morgan fingerprint density at radius 1 is 1.19 bits per heavy atom. The number of hydrazone groups is 1. The molecule has 5 nitrogen and oxygen atoms in total. The Morgan fingerprint density at radius 3 is 2.77 bits per heavy atom. The van der Waals surface area contributed by atoms with Gasteiger partial charge in [0.2, 0.25) is 5.13 Å². The Morgan fingerprint density at radius 2 is 2.04 bits per heavy atom. The molecule has 2 aromatic rings. The van der Waals surface area contributed by atoms with Gasteiger partial charge < -0.3 is 5.11 Å². The summed E-state index contributed by atoms with van der Waals surface area (Å²) in [5.41, 5.74) is -1.61. The predicted molar refractivity (Wildman–Crippen MR) is 92.8 cm³/mol. The Labute approximate surface area is 152 Å². The van der Waals surface area contributed by atoms with E-state index in [0.29, 0.717) is 35.0 Å². The van der Waals surface area contributed by atoms with Crippen LogP contribution < -0.4 is 5.01 Å². The molecule has 1 N–H and O–H groups in total. The van der Waals surface area contributed by atoms with Gasteiger partial charge in [0.15, 0.2) is 0 Å². The minimum absolute atomic E-state index is 0.0195. The van der Waals surface area contributed by atoms with Gasteiger partial charge in [-0.15, -0.1) is 11.3 Å². The van der Waals surface area contributed by atoms with Gasteiger partial charge in [-0.2, -0.15) is 23.3 Å². The van der Waals surface area contributed by atoms with Crippen molar-refractivity contribution in [2.24, 2.45) is 11.0 Å².